The summed E-state index contributed by atoms with van der Waals surface area (Å²) in [4.78, 5) is 26.0. The van der Waals surface area contributed by atoms with Crippen LogP contribution < -0.4 is 10.6 Å². The van der Waals surface area contributed by atoms with Crippen LogP contribution in [0, 0.1) is 5.92 Å². The highest BCUT2D eigenvalue weighted by Crippen LogP contribution is 2.34. The van der Waals surface area contributed by atoms with Gasteiger partial charge in [-0.2, -0.15) is 4.98 Å². The predicted octanol–water partition coefficient (Wildman–Crippen LogP) is 1.88. The van der Waals surface area contributed by atoms with Gasteiger partial charge in [0.1, 0.15) is 0 Å². The quantitative estimate of drug-likeness (QED) is 0.795. The molecule has 4 heterocycles. The Hall–Kier alpha value is -1.48. The van der Waals surface area contributed by atoms with Gasteiger partial charge in [-0.05, 0) is 43.6 Å². The molecule has 0 saturated carbocycles. The Bertz CT molecular complexity index is 800. The Morgan fingerprint density at radius 1 is 1.27 bits per heavy atom. The maximum Gasteiger partial charge on any atom is 0.224 e. The summed E-state index contributed by atoms with van der Waals surface area (Å²) in [6.07, 6.45) is 1.68. The minimum Gasteiger partial charge on any atom is -0.378 e. The van der Waals surface area contributed by atoms with Crippen LogP contribution in [-0.2, 0) is 16.1 Å². The van der Waals surface area contributed by atoms with Crippen LogP contribution >= 0.6 is 22.9 Å². The van der Waals surface area contributed by atoms with Crippen LogP contribution in [0.3, 0.4) is 0 Å². The number of carbonyl (C=O) groups excluding carboxylic acids is 1. The number of nitrogens with zero attached hydrogens (tertiary/aromatic N) is 4. The van der Waals surface area contributed by atoms with Crippen LogP contribution in [0.2, 0.25) is 5.28 Å². The third kappa shape index (κ3) is 3.78. The standard InChI is InChI=1S/C17H22ClN5O2S/c18-17-20-13-9-12(10-22-3-1-11(2-4-22)15(19)24)26-14(13)16(21-17)23-5-7-25-8-6-23/h9,11H,1-8,10H2,(H2,19,24). The number of halogens is 1. The first-order chi connectivity index (χ1) is 12.6. The van der Waals surface area contributed by atoms with Crippen molar-refractivity contribution in [3.63, 3.8) is 0 Å². The van der Waals surface area contributed by atoms with Crippen LogP contribution in [0.25, 0.3) is 10.2 Å². The van der Waals surface area contributed by atoms with Crippen molar-refractivity contribution in [3.8, 4) is 0 Å². The minimum absolute atomic E-state index is 0.0197. The number of piperidine rings is 1. The monoisotopic (exact) mass is 395 g/mol. The molecule has 2 aliphatic rings. The summed E-state index contributed by atoms with van der Waals surface area (Å²) in [5, 5.41) is 0.283. The molecule has 2 aromatic heterocycles. The molecule has 0 aromatic carbocycles. The van der Waals surface area contributed by atoms with Crippen molar-refractivity contribution >= 4 is 44.9 Å². The van der Waals surface area contributed by atoms with Crippen molar-refractivity contribution in [2.45, 2.75) is 19.4 Å². The lowest BCUT2D eigenvalue weighted by atomic mass is 9.96. The summed E-state index contributed by atoms with van der Waals surface area (Å²) in [5.41, 5.74) is 6.32. The molecule has 0 atom stereocenters. The van der Waals surface area contributed by atoms with Gasteiger partial charge < -0.3 is 15.4 Å². The lowest BCUT2D eigenvalue weighted by Crippen LogP contribution is -2.37. The number of amides is 1. The first-order valence-electron chi connectivity index (χ1n) is 8.90. The number of morpholine rings is 1. The highest BCUT2D eigenvalue weighted by molar-refractivity contribution is 7.19. The van der Waals surface area contributed by atoms with E-state index in [0.29, 0.717) is 13.2 Å². The molecule has 1 amide bonds. The molecule has 0 unspecified atom stereocenters. The molecule has 0 aliphatic carbocycles. The smallest absolute Gasteiger partial charge is 0.224 e. The first-order valence-corrected chi connectivity index (χ1v) is 10.1. The molecule has 0 bridgehead atoms. The zero-order chi connectivity index (χ0) is 18.1. The van der Waals surface area contributed by atoms with Gasteiger partial charge in [0.2, 0.25) is 11.2 Å². The number of carbonyl (C=O) groups is 1. The number of ether oxygens (including phenoxy) is 1. The molecular formula is C17H22ClN5O2S. The molecular weight excluding hydrogens is 374 g/mol. The molecule has 2 aliphatic heterocycles. The van der Waals surface area contributed by atoms with E-state index in [1.54, 1.807) is 11.3 Å². The lowest BCUT2D eigenvalue weighted by Gasteiger charge is -2.30. The molecule has 7 nitrogen and oxygen atoms in total. The van der Waals surface area contributed by atoms with Gasteiger partial charge in [0.15, 0.2) is 5.82 Å². The summed E-state index contributed by atoms with van der Waals surface area (Å²) in [6, 6.07) is 2.11. The number of hydrogen-bond donors (Lipinski definition) is 1. The number of primary amides is 1. The van der Waals surface area contributed by atoms with E-state index in [-0.39, 0.29) is 17.1 Å². The van der Waals surface area contributed by atoms with Gasteiger partial charge in [-0.25, -0.2) is 4.98 Å². The van der Waals surface area contributed by atoms with E-state index in [9.17, 15) is 4.79 Å². The van der Waals surface area contributed by atoms with Gasteiger partial charge in [-0.15, -0.1) is 11.3 Å². The minimum atomic E-state index is -0.174. The van der Waals surface area contributed by atoms with Gasteiger partial charge in [-0.3, -0.25) is 9.69 Å². The maximum atomic E-state index is 11.3. The van der Waals surface area contributed by atoms with E-state index in [1.165, 1.54) is 4.88 Å². The second kappa shape index (κ2) is 7.64. The van der Waals surface area contributed by atoms with Crippen LogP contribution in [-0.4, -0.2) is 60.2 Å². The second-order valence-corrected chi connectivity index (χ2v) is 8.27. The molecule has 2 saturated heterocycles. The molecule has 26 heavy (non-hydrogen) atoms. The second-order valence-electron chi connectivity index (χ2n) is 6.80. The number of fused-ring (bicyclic) bond motifs is 1. The average Bonchev–Trinajstić information content (AvgIpc) is 3.04. The highest BCUT2D eigenvalue weighted by Gasteiger charge is 2.24. The van der Waals surface area contributed by atoms with Crippen molar-refractivity contribution in [1.29, 1.82) is 0 Å². The fourth-order valence-electron chi connectivity index (χ4n) is 3.60. The number of nitrogens with two attached hydrogens (primary N) is 1. The normalized spacial score (nSPS) is 20.0. The largest absolute Gasteiger partial charge is 0.378 e. The number of aromatic nitrogens is 2. The molecule has 2 fully saturated rings. The van der Waals surface area contributed by atoms with Gasteiger partial charge >= 0.3 is 0 Å². The summed E-state index contributed by atoms with van der Waals surface area (Å²) in [7, 11) is 0. The van der Waals surface area contributed by atoms with E-state index in [1.807, 2.05) is 0 Å². The van der Waals surface area contributed by atoms with Crippen molar-refractivity contribution in [2.24, 2.45) is 11.7 Å². The fourth-order valence-corrected chi connectivity index (χ4v) is 4.93. The Morgan fingerprint density at radius 2 is 2.00 bits per heavy atom. The van der Waals surface area contributed by atoms with Gasteiger partial charge in [0, 0.05) is 30.4 Å². The molecule has 2 N–H and O–H groups in total. The van der Waals surface area contributed by atoms with Crippen molar-refractivity contribution in [2.75, 3.05) is 44.3 Å². The van der Waals surface area contributed by atoms with Crippen molar-refractivity contribution in [3.05, 3.63) is 16.2 Å². The zero-order valence-corrected chi connectivity index (χ0v) is 16.1. The SMILES string of the molecule is NC(=O)C1CCN(Cc2cc3nc(Cl)nc(N4CCOCC4)c3s2)CC1. The summed E-state index contributed by atoms with van der Waals surface area (Å²) in [6.45, 7) is 5.68. The predicted molar refractivity (Wildman–Crippen MR) is 103 cm³/mol. The third-order valence-electron chi connectivity index (χ3n) is 5.06. The average molecular weight is 396 g/mol. The van der Waals surface area contributed by atoms with E-state index >= 15 is 0 Å². The number of hydrogen-bond acceptors (Lipinski definition) is 7. The van der Waals surface area contributed by atoms with Crippen molar-refractivity contribution < 1.29 is 9.53 Å². The molecule has 0 spiro atoms. The topological polar surface area (TPSA) is 84.6 Å². The Kier molecular flexibility index (Phi) is 5.26. The lowest BCUT2D eigenvalue weighted by molar-refractivity contribution is -0.123. The number of anilines is 1. The third-order valence-corrected chi connectivity index (χ3v) is 6.33. The first kappa shape index (κ1) is 17.9. The number of rotatable bonds is 4. The zero-order valence-electron chi connectivity index (χ0n) is 14.5. The molecule has 4 rings (SSSR count). The maximum absolute atomic E-state index is 11.3. The number of thiophene rings is 1. The molecule has 2 aromatic rings. The van der Waals surface area contributed by atoms with Crippen LogP contribution in [0.5, 0.6) is 0 Å². The summed E-state index contributed by atoms with van der Waals surface area (Å²) in [5.74, 6) is 0.754. The fraction of sp³-hybridized carbons (Fsp3) is 0.588. The van der Waals surface area contributed by atoms with E-state index in [0.717, 1.165) is 61.6 Å². The Labute approximate surface area is 161 Å². The molecule has 0 radical (unpaired) electrons. The molecule has 9 heteroatoms. The summed E-state index contributed by atoms with van der Waals surface area (Å²) >= 11 is 7.89. The highest BCUT2D eigenvalue weighted by atomic mass is 35.5. The van der Waals surface area contributed by atoms with Gasteiger partial charge in [0.25, 0.3) is 0 Å². The Balaban J connectivity index is 1.53. The van der Waals surface area contributed by atoms with Gasteiger partial charge in [-0.1, -0.05) is 0 Å². The van der Waals surface area contributed by atoms with E-state index in [4.69, 9.17) is 22.1 Å². The van der Waals surface area contributed by atoms with E-state index in [2.05, 4.69) is 25.8 Å². The molecule has 140 valence electrons. The van der Waals surface area contributed by atoms with Crippen LogP contribution in [0.4, 0.5) is 5.82 Å². The van der Waals surface area contributed by atoms with Gasteiger partial charge in [0.05, 0.1) is 23.4 Å². The van der Waals surface area contributed by atoms with E-state index < -0.39 is 0 Å². The number of likely N-dealkylation sites (tertiary alicyclic amines) is 1. The Morgan fingerprint density at radius 3 is 2.69 bits per heavy atom. The van der Waals surface area contributed by atoms with Crippen molar-refractivity contribution in [1.82, 2.24) is 14.9 Å². The summed E-state index contributed by atoms with van der Waals surface area (Å²) < 4.78 is 6.52. The van der Waals surface area contributed by atoms with Crippen LogP contribution in [0.1, 0.15) is 17.7 Å². The van der Waals surface area contributed by atoms with Crippen LogP contribution in [0.15, 0.2) is 6.07 Å².